The second-order valence-electron chi connectivity index (χ2n) is 2.16. The second-order valence-corrected chi connectivity index (χ2v) is 2.16. The van der Waals surface area contributed by atoms with E-state index in [1.165, 1.54) is 6.20 Å². The average molecular weight is 724 g/mol. The normalized spacial score (nSPS) is 5.54. The maximum absolute atomic E-state index is 10.1. The summed E-state index contributed by atoms with van der Waals surface area (Å²) in [7, 11) is 0. The Morgan fingerprint density at radius 1 is 1.00 bits per heavy atom. The molecule has 0 aliphatic carbocycles. The van der Waals surface area contributed by atoms with Crippen LogP contribution < -0.4 is 29.7 Å². The zero-order chi connectivity index (χ0) is 14.0. The molecule has 0 aliphatic rings. The fraction of sp³-hybridized carbons (Fsp3) is 0.200. The predicted octanol–water partition coefficient (Wildman–Crippen LogP) is -0.930. The first-order valence-electron chi connectivity index (χ1n) is 3.52. The van der Waals surface area contributed by atoms with Crippen molar-refractivity contribution in [2.45, 2.75) is 6.92 Å². The number of hydrogen-bond donors (Lipinski definition) is 5. The molecule has 0 saturated heterocycles. The van der Waals surface area contributed by atoms with E-state index >= 15 is 0 Å². The molecule has 0 bridgehead atoms. The van der Waals surface area contributed by atoms with E-state index < -0.39 is 16.1 Å². The van der Waals surface area contributed by atoms with E-state index in [1.54, 1.807) is 6.92 Å². The number of hydrogen-bond acceptors (Lipinski definition) is 14. The molecule has 19 heteroatoms. The summed E-state index contributed by atoms with van der Waals surface area (Å²) in [6.45, 7) is 1.65. The molecule has 0 unspecified atom stereocenters. The topological polar surface area (TPSA) is 371 Å². The maximum Gasteiger partial charge on any atom is 2.00 e. The van der Waals surface area contributed by atoms with Crippen molar-refractivity contribution in [2.24, 2.45) is 0 Å². The first-order chi connectivity index (χ1) is 7.68. The van der Waals surface area contributed by atoms with Crippen molar-refractivity contribution in [1.29, 1.82) is 0 Å². The van der Waals surface area contributed by atoms with Gasteiger partial charge < -0.3 is 70.6 Å². The number of carboxylic acids is 1. The third-order valence-electron chi connectivity index (χ3n) is 1.03. The van der Waals surface area contributed by atoms with E-state index in [4.69, 9.17) is 30.6 Å². The van der Waals surface area contributed by atoms with Crippen molar-refractivity contribution in [3.63, 3.8) is 0 Å². The monoisotopic (exact) mass is 724 g/mol. The third kappa shape index (κ3) is 50.0. The summed E-state index contributed by atoms with van der Waals surface area (Å²) in [5.74, 6) is -1.22. The molecule has 0 fully saturated rings. The number of aromatic amines is 1. The fourth-order valence-corrected chi connectivity index (χ4v) is 0.553. The minimum Gasteiger partial charge on any atom is -0.870 e. The minimum absolute atomic E-state index is 0. The van der Waals surface area contributed by atoms with Gasteiger partial charge in [0.05, 0.1) is 28.0 Å². The molecule has 0 atom stereocenters. The molecule has 17 nitrogen and oxygen atoms in total. The van der Waals surface area contributed by atoms with Gasteiger partial charge in [-0.25, -0.2) is 0 Å². The van der Waals surface area contributed by atoms with Crippen molar-refractivity contribution < 1.29 is 67.7 Å². The smallest absolute Gasteiger partial charge is 0.870 e. The van der Waals surface area contributed by atoms with Crippen molar-refractivity contribution in [3.05, 3.63) is 48.1 Å². The summed E-state index contributed by atoms with van der Waals surface area (Å²) < 4.78 is 0. The molecule has 1 heterocycles. The Bertz CT molecular complexity index is 385. The van der Waals surface area contributed by atoms with Crippen LogP contribution in [-0.2, 0) is 42.1 Å². The van der Waals surface area contributed by atoms with Crippen LogP contribution in [0.15, 0.2) is 6.20 Å². The van der Waals surface area contributed by atoms with Crippen molar-refractivity contribution >= 4 is 5.97 Å². The molecule has 0 radical (unpaired) electrons. The maximum atomic E-state index is 10.1. The van der Waals surface area contributed by atoms with Gasteiger partial charge in [0.1, 0.15) is 0 Å². The number of aryl methyl sites for hydroxylation is 1. The van der Waals surface area contributed by atoms with Crippen LogP contribution in [0, 0.1) is 37.6 Å². The van der Waals surface area contributed by atoms with E-state index in [9.17, 15) is 9.90 Å². The van der Waals surface area contributed by atoms with Gasteiger partial charge >= 0.3 is 42.1 Å². The van der Waals surface area contributed by atoms with Crippen molar-refractivity contribution in [3.8, 4) is 0 Å². The van der Waals surface area contributed by atoms with Crippen LogP contribution >= 0.6 is 0 Å². The van der Waals surface area contributed by atoms with Gasteiger partial charge in [0, 0.05) is 0 Å². The molecule has 14 N–H and O–H groups in total. The summed E-state index contributed by atoms with van der Waals surface area (Å²) in [5.41, 5.74) is 0.644. The number of carbonyl (C=O) groups is 1. The van der Waals surface area contributed by atoms with Gasteiger partial charge in [0.2, 0.25) is 0 Å². The van der Waals surface area contributed by atoms with E-state index in [1.807, 2.05) is 0 Å². The molecule has 0 spiro atoms. The molecular weight excluding hydrogens is 706 g/mol. The van der Waals surface area contributed by atoms with E-state index in [-0.39, 0.29) is 77.9 Å². The summed E-state index contributed by atoms with van der Waals surface area (Å²) in [5, 5.41) is 45.4. The van der Waals surface area contributed by atoms with E-state index in [0.717, 1.165) is 0 Å². The van der Waals surface area contributed by atoms with Crippen LogP contribution in [0.25, 0.3) is 0 Å². The summed E-state index contributed by atoms with van der Waals surface area (Å²) in [6.07, 6.45) is 1.44. The van der Waals surface area contributed by atoms with E-state index in [2.05, 4.69) is 10.2 Å². The summed E-state index contributed by atoms with van der Waals surface area (Å²) in [6, 6.07) is 0. The molecule has 0 aliphatic heterocycles. The number of rotatable bonds is 1. The Morgan fingerprint density at radius 3 is 1.33 bits per heavy atom. The first kappa shape index (κ1) is 57.2. The van der Waals surface area contributed by atoms with Crippen LogP contribution in [0.3, 0.4) is 0 Å². The van der Waals surface area contributed by atoms with Gasteiger partial charge in [-0.3, -0.25) is 5.10 Å². The zero-order valence-electron chi connectivity index (χ0n) is 12.1. The minimum atomic E-state index is -1.75. The molecular formula is C5H18N8O9Pt2. The Morgan fingerprint density at radius 2 is 1.25 bits per heavy atom. The molecule has 1 aromatic heterocycles. The van der Waals surface area contributed by atoms with Crippen LogP contribution in [0.4, 0.5) is 0 Å². The molecule has 0 amide bonds. The Balaban J connectivity index is -0.0000000193. The quantitative estimate of drug-likeness (QED) is 0.173. The van der Waals surface area contributed by atoms with Crippen molar-refractivity contribution in [2.75, 3.05) is 0 Å². The van der Waals surface area contributed by atoms with Crippen LogP contribution in [0.5, 0.6) is 0 Å². The summed E-state index contributed by atoms with van der Waals surface area (Å²) in [4.78, 5) is 26.6. The number of carbonyl (C=O) groups excluding carboxylic acids is 1. The number of H-pyrrole nitrogens is 1. The molecule has 1 rings (SSSR count). The van der Waals surface area contributed by atoms with Gasteiger partial charge in [0.25, 0.3) is 0 Å². The molecule has 0 saturated carbocycles. The van der Waals surface area contributed by atoms with E-state index in [0.29, 0.717) is 5.56 Å². The van der Waals surface area contributed by atoms with Gasteiger partial charge in [0.15, 0.2) is 0 Å². The van der Waals surface area contributed by atoms with Gasteiger partial charge in [-0.2, -0.15) is 5.10 Å². The first-order valence-corrected chi connectivity index (χ1v) is 3.52. The van der Waals surface area contributed by atoms with Crippen LogP contribution in [0.2, 0.25) is 0 Å². The number of aromatic nitrogens is 2. The SMILES string of the molecule is Cc1cn[nH]c1C(=O)[O-].N.N.N.N.O=[N+]([O-])[O-].O=[N+]([O-])[O-].[OH-].[Pt+2].[Pt+2]. The predicted molar refractivity (Wildman–Crippen MR) is 70.4 cm³/mol. The Kier molecular flexibility index (Phi) is 78.7. The molecule has 0 aromatic carbocycles. The number of aromatic carboxylic acids is 1. The van der Waals surface area contributed by atoms with Crippen LogP contribution in [0.1, 0.15) is 16.1 Å². The average Bonchev–Trinajstić information content (AvgIpc) is 2.48. The van der Waals surface area contributed by atoms with Gasteiger partial charge in [-0.15, -0.1) is 0 Å². The fourth-order valence-electron chi connectivity index (χ4n) is 0.553. The third-order valence-corrected chi connectivity index (χ3v) is 1.03. The number of nitrogens with zero attached hydrogens (tertiary/aromatic N) is 3. The molecule has 1 aromatic rings. The Labute approximate surface area is 163 Å². The zero-order valence-corrected chi connectivity index (χ0v) is 16.6. The molecule has 152 valence electrons. The van der Waals surface area contributed by atoms with Crippen molar-refractivity contribution in [1.82, 2.24) is 34.8 Å². The van der Waals surface area contributed by atoms with Gasteiger partial charge in [-0.05, 0) is 12.5 Å². The second kappa shape index (κ2) is 33.0. The molecule has 24 heavy (non-hydrogen) atoms. The number of nitrogens with one attached hydrogen (secondary N) is 1. The number of carboxylic acid groups (broad SMARTS) is 1. The largest absolute Gasteiger partial charge is 2.00 e. The van der Waals surface area contributed by atoms with Gasteiger partial charge in [-0.1, -0.05) is 0 Å². The van der Waals surface area contributed by atoms with Crippen LogP contribution in [-0.4, -0.2) is 31.8 Å². The summed E-state index contributed by atoms with van der Waals surface area (Å²) >= 11 is 0. The Hall–Kier alpha value is -1.74. The standard InChI is InChI=1S/C5H6N2O2.2NO3.4H3N.H2O.2Pt/c1-3-2-6-7-4(3)5(8)9;2*2-1(3)4;;;;;;;/h2H,1H3,(H,6,7)(H,8,9);;;4*1H3;1H2;;/q;2*-1;;;;;;2*+2/p-2.